The topological polar surface area (TPSA) is 68.2 Å². The lowest BCUT2D eigenvalue weighted by molar-refractivity contribution is 0.326. The van der Waals surface area contributed by atoms with Gasteiger partial charge in [0.05, 0.1) is 27.0 Å². The molecule has 0 bridgehead atoms. The highest BCUT2D eigenvalue weighted by atomic mass is 16.5. The number of guanidine groups is 1. The fourth-order valence-corrected chi connectivity index (χ4v) is 2.53. The van der Waals surface area contributed by atoms with Crippen LogP contribution < -0.4 is 19.5 Å². The maximum absolute atomic E-state index is 5.64. The van der Waals surface area contributed by atoms with Crippen molar-refractivity contribution in [2.45, 2.75) is 13.5 Å². The number of rotatable bonds is 9. The minimum absolute atomic E-state index is 0.486. The lowest BCUT2D eigenvalue weighted by Gasteiger charge is -2.23. The molecule has 1 aromatic carbocycles. The van der Waals surface area contributed by atoms with Crippen molar-refractivity contribution in [1.29, 1.82) is 0 Å². The predicted octanol–water partition coefficient (Wildman–Crippen LogP) is 2.58. The predicted molar refractivity (Wildman–Crippen MR) is 107 cm³/mol. The first-order valence-electron chi connectivity index (χ1n) is 8.91. The summed E-state index contributed by atoms with van der Waals surface area (Å²) < 4.78 is 16.4. The molecule has 1 N–H and O–H groups in total. The van der Waals surface area contributed by atoms with Crippen LogP contribution in [0.5, 0.6) is 17.2 Å². The first-order valence-corrected chi connectivity index (χ1v) is 8.91. The van der Waals surface area contributed by atoms with E-state index in [1.165, 1.54) is 0 Å². The zero-order chi connectivity index (χ0) is 19.5. The average molecular weight is 372 g/mol. The lowest BCUT2D eigenvalue weighted by Crippen LogP contribution is -2.38. The number of benzene rings is 1. The zero-order valence-corrected chi connectivity index (χ0v) is 16.4. The summed E-state index contributed by atoms with van der Waals surface area (Å²) in [5, 5.41) is 3.30. The van der Waals surface area contributed by atoms with E-state index in [0.717, 1.165) is 35.3 Å². The van der Waals surface area contributed by atoms with E-state index in [1.54, 1.807) is 26.6 Å². The molecule has 0 unspecified atom stereocenters. The van der Waals surface area contributed by atoms with Crippen LogP contribution in [0.15, 0.2) is 47.7 Å². The van der Waals surface area contributed by atoms with Gasteiger partial charge in [-0.15, -0.1) is 0 Å². The number of nitrogens with one attached hydrogen (secondary N) is 1. The van der Waals surface area contributed by atoms with E-state index in [0.29, 0.717) is 19.7 Å². The molecule has 0 atom stereocenters. The van der Waals surface area contributed by atoms with Crippen molar-refractivity contribution in [2.75, 3.05) is 41.0 Å². The van der Waals surface area contributed by atoms with Crippen LogP contribution in [0, 0.1) is 0 Å². The van der Waals surface area contributed by atoms with Crippen LogP contribution in [0.2, 0.25) is 0 Å². The van der Waals surface area contributed by atoms with Crippen molar-refractivity contribution in [3.05, 3.63) is 48.3 Å². The largest absolute Gasteiger partial charge is 0.497 e. The number of hydrogen-bond acceptors (Lipinski definition) is 5. The van der Waals surface area contributed by atoms with Crippen molar-refractivity contribution in [2.24, 2.45) is 4.99 Å². The van der Waals surface area contributed by atoms with Gasteiger partial charge in [0.2, 0.25) is 0 Å². The van der Waals surface area contributed by atoms with Gasteiger partial charge in [0.25, 0.3) is 0 Å². The second-order valence-corrected chi connectivity index (χ2v) is 5.81. The van der Waals surface area contributed by atoms with Crippen LogP contribution in [0.1, 0.15) is 12.5 Å². The summed E-state index contributed by atoms with van der Waals surface area (Å²) in [6.45, 7) is 4.51. The van der Waals surface area contributed by atoms with Crippen LogP contribution in [0.3, 0.4) is 0 Å². The zero-order valence-electron chi connectivity index (χ0n) is 16.4. The molecule has 0 aliphatic carbocycles. The van der Waals surface area contributed by atoms with Crippen LogP contribution >= 0.6 is 0 Å². The number of hydrogen-bond donors (Lipinski definition) is 1. The molecule has 0 saturated heterocycles. The van der Waals surface area contributed by atoms with Gasteiger partial charge < -0.3 is 24.4 Å². The molecule has 7 nitrogen and oxygen atoms in total. The monoisotopic (exact) mass is 372 g/mol. The minimum Gasteiger partial charge on any atom is -0.497 e. The summed E-state index contributed by atoms with van der Waals surface area (Å²) in [5.74, 6) is 3.11. The van der Waals surface area contributed by atoms with E-state index in [9.17, 15) is 0 Å². The van der Waals surface area contributed by atoms with E-state index in [-0.39, 0.29) is 0 Å². The summed E-state index contributed by atoms with van der Waals surface area (Å²) in [6.07, 6.45) is 3.41. The molecule has 0 radical (unpaired) electrons. The fraction of sp³-hybridized carbons (Fsp3) is 0.400. The highest BCUT2D eigenvalue weighted by Gasteiger charge is 2.11. The standard InChI is InChI=1S/C20H28N4O3/c1-5-22-20(23-11-12-27-18-7-6-10-21-14-18)24(2)15-16-8-9-17(25-3)13-19(16)26-4/h6-10,13-14H,5,11-12,15H2,1-4H3,(H,22,23). The van der Waals surface area contributed by atoms with Gasteiger partial charge >= 0.3 is 0 Å². The molecular weight excluding hydrogens is 344 g/mol. The van der Waals surface area contributed by atoms with Gasteiger partial charge in [-0.25, -0.2) is 4.99 Å². The number of ether oxygens (including phenoxy) is 3. The summed E-state index contributed by atoms with van der Waals surface area (Å²) in [5.41, 5.74) is 1.05. The van der Waals surface area contributed by atoms with Crippen molar-refractivity contribution >= 4 is 5.96 Å². The van der Waals surface area contributed by atoms with E-state index < -0.39 is 0 Å². The van der Waals surface area contributed by atoms with E-state index in [2.05, 4.69) is 20.2 Å². The van der Waals surface area contributed by atoms with Gasteiger partial charge in [-0.05, 0) is 31.2 Å². The Morgan fingerprint density at radius 2 is 2.04 bits per heavy atom. The van der Waals surface area contributed by atoms with E-state index in [1.807, 2.05) is 44.3 Å². The van der Waals surface area contributed by atoms with Crippen LogP contribution in [0.25, 0.3) is 0 Å². The van der Waals surface area contributed by atoms with E-state index in [4.69, 9.17) is 14.2 Å². The molecule has 0 amide bonds. The van der Waals surface area contributed by atoms with E-state index >= 15 is 0 Å². The van der Waals surface area contributed by atoms with Gasteiger partial charge in [0, 0.05) is 38.0 Å². The Kier molecular flexibility index (Phi) is 8.22. The average Bonchev–Trinajstić information content (AvgIpc) is 2.71. The van der Waals surface area contributed by atoms with Crippen LogP contribution in [-0.2, 0) is 6.54 Å². The molecule has 27 heavy (non-hydrogen) atoms. The second kappa shape index (κ2) is 10.9. The molecule has 2 aromatic rings. The molecule has 7 heteroatoms. The first-order chi connectivity index (χ1) is 13.2. The molecule has 0 saturated carbocycles. The van der Waals surface area contributed by atoms with Gasteiger partial charge in [0.15, 0.2) is 5.96 Å². The Labute approximate surface area is 161 Å². The second-order valence-electron chi connectivity index (χ2n) is 5.81. The number of pyridine rings is 1. The minimum atomic E-state index is 0.486. The molecule has 0 aliphatic heterocycles. The molecule has 1 heterocycles. The normalized spacial score (nSPS) is 11.0. The summed E-state index contributed by atoms with van der Waals surface area (Å²) in [7, 11) is 5.30. The lowest BCUT2D eigenvalue weighted by atomic mass is 10.2. The summed E-state index contributed by atoms with van der Waals surface area (Å²) in [4.78, 5) is 10.7. The third-order valence-corrected chi connectivity index (χ3v) is 3.85. The maximum atomic E-state index is 5.64. The quantitative estimate of drug-likeness (QED) is 0.415. The highest BCUT2D eigenvalue weighted by molar-refractivity contribution is 5.79. The first kappa shape index (κ1) is 20.4. The van der Waals surface area contributed by atoms with Crippen LogP contribution in [0.4, 0.5) is 0 Å². The Morgan fingerprint density at radius 1 is 1.19 bits per heavy atom. The SMILES string of the molecule is CCNC(=NCCOc1cccnc1)N(C)Cc1ccc(OC)cc1OC. The van der Waals surface area contributed by atoms with Crippen molar-refractivity contribution in [3.8, 4) is 17.2 Å². The third kappa shape index (κ3) is 6.36. The number of aromatic nitrogens is 1. The Hall–Kier alpha value is -2.96. The van der Waals surface area contributed by atoms with Crippen molar-refractivity contribution in [3.63, 3.8) is 0 Å². The Morgan fingerprint density at radius 3 is 2.70 bits per heavy atom. The Balaban J connectivity index is 1.98. The van der Waals surface area contributed by atoms with Gasteiger partial charge in [-0.1, -0.05) is 0 Å². The molecule has 0 fully saturated rings. The fourth-order valence-electron chi connectivity index (χ4n) is 2.53. The van der Waals surface area contributed by atoms with Crippen LogP contribution in [-0.4, -0.2) is 56.8 Å². The summed E-state index contributed by atoms with van der Waals surface area (Å²) in [6, 6.07) is 9.54. The third-order valence-electron chi connectivity index (χ3n) is 3.85. The number of methoxy groups -OCH3 is 2. The molecule has 2 rings (SSSR count). The molecule has 0 spiro atoms. The maximum Gasteiger partial charge on any atom is 0.194 e. The molecule has 146 valence electrons. The number of nitrogens with zero attached hydrogens (tertiary/aromatic N) is 3. The Bertz CT molecular complexity index is 722. The summed E-state index contributed by atoms with van der Waals surface area (Å²) >= 11 is 0. The highest BCUT2D eigenvalue weighted by Crippen LogP contribution is 2.25. The van der Waals surface area contributed by atoms with Gasteiger partial charge in [0.1, 0.15) is 23.9 Å². The molecular formula is C20H28N4O3. The van der Waals surface area contributed by atoms with Crippen molar-refractivity contribution in [1.82, 2.24) is 15.2 Å². The van der Waals surface area contributed by atoms with Gasteiger partial charge in [-0.2, -0.15) is 0 Å². The molecule has 1 aromatic heterocycles. The van der Waals surface area contributed by atoms with Crippen molar-refractivity contribution < 1.29 is 14.2 Å². The van der Waals surface area contributed by atoms with Gasteiger partial charge in [-0.3, -0.25) is 4.98 Å². The molecule has 0 aliphatic rings. The smallest absolute Gasteiger partial charge is 0.194 e. The number of aliphatic imine (C=N–C) groups is 1.